The van der Waals surface area contributed by atoms with Gasteiger partial charge in [0.1, 0.15) is 5.01 Å². The maximum absolute atomic E-state index is 6.27. The molecule has 0 spiro atoms. The van der Waals surface area contributed by atoms with E-state index < -0.39 is 0 Å². The van der Waals surface area contributed by atoms with Gasteiger partial charge < -0.3 is 11.1 Å². The summed E-state index contributed by atoms with van der Waals surface area (Å²) in [7, 11) is 0. The Morgan fingerprint density at radius 1 is 1.25 bits per heavy atom. The molecule has 0 unspecified atom stereocenters. The minimum Gasteiger partial charge on any atom is -0.376 e. The number of para-hydroxylation sites is 1. The number of nitrogens with two attached hydrogens (primary N) is 1. The summed E-state index contributed by atoms with van der Waals surface area (Å²) in [6.45, 7) is 0. The molecule has 0 aliphatic heterocycles. The number of aromatic nitrogens is 1. The first-order valence-electron chi connectivity index (χ1n) is 5.85. The maximum Gasteiger partial charge on any atom is 0.168 e. The fourth-order valence-electron chi connectivity index (χ4n) is 1.90. The van der Waals surface area contributed by atoms with Crippen LogP contribution in [0.1, 0.15) is 0 Å². The average Bonchev–Trinajstić information content (AvgIpc) is 2.84. The van der Waals surface area contributed by atoms with Crippen molar-refractivity contribution >= 4 is 56.2 Å². The lowest BCUT2D eigenvalue weighted by Gasteiger charge is -2.06. The Kier molecular flexibility index (Phi) is 3.56. The van der Waals surface area contributed by atoms with Crippen LogP contribution in [-0.2, 0) is 0 Å². The molecule has 3 nitrogen and oxygen atoms in total. The number of thiocarbonyl (C=S) groups is 1. The number of benzene rings is 2. The van der Waals surface area contributed by atoms with Crippen molar-refractivity contribution in [1.82, 2.24) is 4.98 Å². The Morgan fingerprint density at radius 3 is 2.80 bits per heavy atom. The zero-order valence-corrected chi connectivity index (χ0v) is 12.6. The predicted octanol–water partition coefficient (Wildman–Crippen LogP) is 4.27. The Balaban J connectivity index is 2.10. The van der Waals surface area contributed by atoms with E-state index in [9.17, 15) is 0 Å². The highest BCUT2D eigenvalue weighted by Crippen LogP contribution is 2.35. The van der Waals surface area contributed by atoms with Gasteiger partial charge in [0.25, 0.3) is 0 Å². The first-order chi connectivity index (χ1) is 9.63. The fourth-order valence-corrected chi connectivity index (χ4v) is 3.27. The highest BCUT2D eigenvalue weighted by Gasteiger charge is 2.10. The summed E-state index contributed by atoms with van der Waals surface area (Å²) >= 11 is 12.7. The second kappa shape index (κ2) is 5.36. The Bertz CT molecular complexity index is 765. The second-order valence-electron chi connectivity index (χ2n) is 4.17. The van der Waals surface area contributed by atoms with Crippen LogP contribution in [0, 0.1) is 0 Å². The van der Waals surface area contributed by atoms with E-state index in [-0.39, 0.29) is 5.11 Å². The second-order valence-corrected chi connectivity index (χ2v) is 6.05. The van der Waals surface area contributed by atoms with Gasteiger partial charge in [-0.15, -0.1) is 11.3 Å². The Labute approximate surface area is 130 Å². The first kappa shape index (κ1) is 13.3. The molecule has 0 amide bonds. The predicted molar refractivity (Wildman–Crippen MR) is 90.5 cm³/mol. The van der Waals surface area contributed by atoms with Crippen molar-refractivity contribution in [3.8, 4) is 10.6 Å². The first-order valence-corrected chi connectivity index (χ1v) is 7.46. The quantitative estimate of drug-likeness (QED) is 0.692. The number of hydrogen-bond donors (Lipinski definition) is 2. The Morgan fingerprint density at radius 2 is 2.05 bits per heavy atom. The van der Waals surface area contributed by atoms with E-state index in [4.69, 9.17) is 29.6 Å². The van der Waals surface area contributed by atoms with Crippen molar-refractivity contribution < 1.29 is 0 Å². The van der Waals surface area contributed by atoms with Crippen LogP contribution in [0.4, 0.5) is 5.69 Å². The molecule has 3 N–H and O–H groups in total. The van der Waals surface area contributed by atoms with Gasteiger partial charge in [-0.05, 0) is 42.5 Å². The van der Waals surface area contributed by atoms with Crippen molar-refractivity contribution in [2.75, 3.05) is 5.32 Å². The SMILES string of the molecule is NC(=S)Nc1ccc(Cl)c(-c2nc3ccccc3s2)c1. The van der Waals surface area contributed by atoms with E-state index in [1.54, 1.807) is 11.3 Å². The van der Waals surface area contributed by atoms with Crippen LogP contribution in [0.2, 0.25) is 5.02 Å². The van der Waals surface area contributed by atoms with Crippen LogP contribution in [0.25, 0.3) is 20.8 Å². The lowest BCUT2D eigenvalue weighted by atomic mass is 10.2. The smallest absolute Gasteiger partial charge is 0.168 e. The third kappa shape index (κ3) is 2.60. The van der Waals surface area contributed by atoms with Gasteiger partial charge in [-0.25, -0.2) is 4.98 Å². The maximum atomic E-state index is 6.27. The molecule has 20 heavy (non-hydrogen) atoms. The monoisotopic (exact) mass is 319 g/mol. The minimum absolute atomic E-state index is 0.225. The van der Waals surface area contributed by atoms with E-state index >= 15 is 0 Å². The van der Waals surface area contributed by atoms with Crippen LogP contribution in [0.15, 0.2) is 42.5 Å². The number of halogens is 1. The molecule has 0 bridgehead atoms. The molecule has 2 aromatic carbocycles. The number of nitrogens with one attached hydrogen (secondary N) is 1. The summed E-state index contributed by atoms with van der Waals surface area (Å²) in [6, 6.07) is 13.5. The third-order valence-electron chi connectivity index (χ3n) is 2.76. The fraction of sp³-hybridized carbons (Fsp3) is 0. The molecule has 1 aromatic heterocycles. The van der Waals surface area contributed by atoms with E-state index in [0.717, 1.165) is 26.5 Å². The number of anilines is 1. The van der Waals surface area contributed by atoms with E-state index in [0.29, 0.717) is 5.02 Å². The molecule has 3 aromatic rings. The number of rotatable bonds is 2. The summed E-state index contributed by atoms with van der Waals surface area (Å²) in [5.41, 5.74) is 8.13. The zero-order valence-electron chi connectivity index (χ0n) is 10.3. The van der Waals surface area contributed by atoms with Gasteiger partial charge in [0.15, 0.2) is 5.11 Å². The molecule has 0 saturated heterocycles. The van der Waals surface area contributed by atoms with E-state index in [1.807, 2.05) is 42.5 Å². The number of thiazole rings is 1. The molecule has 3 rings (SSSR count). The van der Waals surface area contributed by atoms with Crippen LogP contribution in [0.5, 0.6) is 0 Å². The molecular weight excluding hydrogens is 310 g/mol. The normalized spacial score (nSPS) is 10.7. The lowest BCUT2D eigenvalue weighted by molar-refractivity contribution is 1.47. The van der Waals surface area contributed by atoms with Gasteiger partial charge in [0, 0.05) is 11.3 Å². The van der Waals surface area contributed by atoms with Gasteiger partial charge in [0.2, 0.25) is 0 Å². The van der Waals surface area contributed by atoms with Crippen LogP contribution >= 0.6 is 35.2 Å². The number of hydrogen-bond acceptors (Lipinski definition) is 3. The van der Waals surface area contributed by atoms with Gasteiger partial charge >= 0.3 is 0 Å². The topological polar surface area (TPSA) is 50.9 Å². The number of nitrogens with zero attached hydrogens (tertiary/aromatic N) is 1. The van der Waals surface area contributed by atoms with Crippen molar-refractivity contribution in [3.63, 3.8) is 0 Å². The summed E-state index contributed by atoms with van der Waals surface area (Å²) in [4.78, 5) is 4.61. The molecule has 0 aliphatic carbocycles. The van der Waals surface area contributed by atoms with Crippen molar-refractivity contribution in [3.05, 3.63) is 47.5 Å². The van der Waals surface area contributed by atoms with Crippen molar-refractivity contribution in [2.24, 2.45) is 5.73 Å². The highest BCUT2D eigenvalue weighted by molar-refractivity contribution is 7.80. The van der Waals surface area contributed by atoms with Gasteiger partial charge in [-0.3, -0.25) is 0 Å². The van der Waals surface area contributed by atoms with E-state index in [2.05, 4.69) is 10.3 Å². The molecular formula is C14H10ClN3S2. The number of fused-ring (bicyclic) bond motifs is 1. The van der Waals surface area contributed by atoms with Crippen LogP contribution in [-0.4, -0.2) is 10.1 Å². The van der Waals surface area contributed by atoms with E-state index in [1.165, 1.54) is 0 Å². The van der Waals surface area contributed by atoms with Crippen LogP contribution in [0.3, 0.4) is 0 Å². The third-order valence-corrected chi connectivity index (χ3v) is 4.26. The average molecular weight is 320 g/mol. The standard InChI is InChI=1S/C14H10ClN3S2/c15-10-6-5-8(17-14(16)19)7-9(10)13-18-11-3-1-2-4-12(11)20-13/h1-7H,(H3,16,17,19). The summed E-state index contributed by atoms with van der Waals surface area (Å²) < 4.78 is 1.13. The lowest BCUT2D eigenvalue weighted by Crippen LogP contribution is -2.18. The highest BCUT2D eigenvalue weighted by atomic mass is 35.5. The molecule has 0 fully saturated rings. The Hall–Kier alpha value is -1.69. The molecule has 0 saturated carbocycles. The molecule has 6 heteroatoms. The summed E-state index contributed by atoms with van der Waals surface area (Å²) in [5.74, 6) is 0. The molecule has 1 heterocycles. The largest absolute Gasteiger partial charge is 0.376 e. The molecule has 0 aliphatic rings. The van der Waals surface area contributed by atoms with Crippen molar-refractivity contribution in [2.45, 2.75) is 0 Å². The molecule has 100 valence electrons. The summed E-state index contributed by atoms with van der Waals surface area (Å²) in [5, 5.41) is 4.66. The minimum atomic E-state index is 0.225. The van der Waals surface area contributed by atoms with Gasteiger partial charge in [-0.1, -0.05) is 23.7 Å². The zero-order chi connectivity index (χ0) is 14.1. The van der Waals surface area contributed by atoms with Gasteiger partial charge in [0.05, 0.1) is 15.2 Å². The van der Waals surface area contributed by atoms with Crippen molar-refractivity contribution in [1.29, 1.82) is 0 Å². The summed E-state index contributed by atoms with van der Waals surface area (Å²) in [6.07, 6.45) is 0. The molecule has 0 radical (unpaired) electrons. The van der Waals surface area contributed by atoms with Crippen LogP contribution < -0.4 is 11.1 Å². The molecule has 0 atom stereocenters. The van der Waals surface area contributed by atoms with Gasteiger partial charge in [-0.2, -0.15) is 0 Å².